The number of pyridine rings is 2. The molecular weight excluding hydrogens is 448 g/mol. The Bertz CT molecular complexity index is 1110. The number of nitrogens with zero attached hydrogens (tertiary/aromatic N) is 4. The first-order valence-electron chi connectivity index (χ1n) is 10.9. The van der Waals surface area contributed by atoms with Gasteiger partial charge in [-0.15, -0.1) is 0 Å². The van der Waals surface area contributed by atoms with E-state index < -0.39 is 11.9 Å². The summed E-state index contributed by atoms with van der Waals surface area (Å²) in [6, 6.07) is 6.31. The van der Waals surface area contributed by atoms with E-state index in [-0.39, 0.29) is 5.69 Å². The maximum Gasteiger partial charge on any atom is 0.358 e. The molecule has 0 spiro atoms. The van der Waals surface area contributed by atoms with Crippen LogP contribution in [-0.2, 0) is 9.47 Å². The van der Waals surface area contributed by atoms with Gasteiger partial charge in [0.1, 0.15) is 0 Å². The normalized spacial score (nSPS) is 21.1. The summed E-state index contributed by atoms with van der Waals surface area (Å²) >= 11 is 6.05. The van der Waals surface area contributed by atoms with E-state index in [0.717, 1.165) is 62.0 Å². The summed E-state index contributed by atoms with van der Waals surface area (Å²) in [5, 5.41) is 7.00. The molecule has 2 fully saturated rings. The molecule has 10 nitrogen and oxygen atoms in total. The Morgan fingerprint density at radius 3 is 2.18 bits per heavy atom. The highest BCUT2D eigenvalue weighted by Crippen LogP contribution is 2.37. The third-order valence-corrected chi connectivity index (χ3v) is 6.63. The fourth-order valence-corrected chi connectivity index (χ4v) is 4.90. The van der Waals surface area contributed by atoms with Crippen LogP contribution < -0.4 is 20.4 Å². The van der Waals surface area contributed by atoms with E-state index in [1.165, 1.54) is 14.2 Å². The lowest BCUT2D eigenvalue weighted by molar-refractivity contribution is 0.0585. The van der Waals surface area contributed by atoms with Crippen LogP contribution in [0.2, 0.25) is 5.02 Å². The van der Waals surface area contributed by atoms with Crippen molar-refractivity contribution in [2.45, 2.75) is 24.9 Å². The van der Waals surface area contributed by atoms with Crippen LogP contribution in [0.5, 0.6) is 0 Å². The molecule has 6 rings (SSSR count). The topological polar surface area (TPSA) is 109 Å². The van der Waals surface area contributed by atoms with Crippen LogP contribution in [-0.4, -0.2) is 74.4 Å². The first kappa shape index (κ1) is 21.6. The highest BCUT2D eigenvalue weighted by atomic mass is 35.5. The molecule has 0 radical (unpaired) electrons. The van der Waals surface area contributed by atoms with Crippen molar-refractivity contribution in [2.75, 3.05) is 60.8 Å². The van der Waals surface area contributed by atoms with Gasteiger partial charge in [0.05, 0.1) is 30.6 Å². The average Bonchev–Trinajstić information content (AvgIpc) is 3.42. The molecule has 2 saturated heterocycles. The lowest BCUT2D eigenvalue weighted by Gasteiger charge is -2.28. The molecule has 2 atom stereocenters. The van der Waals surface area contributed by atoms with Crippen molar-refractivity contribution < 1.29 is 19.1 Å². The monoisotopic (exact) mass is 472 g/mol. The van der Waals surface area contributed by atoms with Crippen molar-refractivity contribution in [3.05, 3.63) is 34.6 Å². The summed E-state index contributed by atoms with van der Waals surface area (Å²) in [5.41, 5.74) is 2.58. The Labute approximate surface area is 196 Å². The van der Waals surface area contributed by atoms with Gasteiger partial charge in [-0.25, -0.2) is 19.6 Å². The quantitative estimate of drug-likeness (QED) is 0.632. The third-order valence-electron chi connectivity index (χ3n) is 6.34. The third kappa shape index (κ3) is 3.99. The van der Waals surface area contributed by atoms with Gasteiger partial charge in [-0.2, -0.15) is 0 Å². The zero-order chi connectivity index (χ0) is 23.1. The van der Waals surface area contributed by atoms with Crippen LogP contribution in [0.1, 0.15) is 33.8 Å². The van der Waals surface area contributed by atoms with Crippen LogP contribution >= 0.6 is 11.6 Å². The fraction of sp³-hybridized carbons (Fsp3) is 0.455. The van der Waals surface area contributed by atoms with E-state index >= 15 is 0 Å². The predicted octanol–water partition coefficient (Wildman–Crippen LogP) is 2.40. The number of hydrogen-bond donors (Lipinski definition) is 2. The van der Waals surface area contributed by atoms with Crippen molar-refractivity contribution in [3.8, 4) is 0 Å². The van der Waals surface area contributed by atoms with Gasteiger partial charge in [0.15, 0.2) is 23.0 Å². The van der Waals surface area contributed by atoms with Gasteiger partial charge in [-0.3, -0.25) is 0 Å². The Hall–Kier alpha value is -3.27. The lowest BCUT2D eigenvalue weighted by atomic mass is 10.2. The van der Waals surface area contributed by atoms with E-state index in [9.17, 15) is 9.59 Å². The number of aromatic nitrogens is 2. The van der Waals surface area contributed by atoms with E-state index in [2.05, 4.69) is 39.9 Å². The second-order valence-electron chi connectivity index (χ2n) is 8.39. The molecule has 2 aromatic heterocycles. The van der Waals surface area contributed by atoms with Gasteiger partial charge in [0, 0.05) is 38.3 Å². The molecular formula is C22H25ClN6O4. The molecule has 2 N–H and O–H groups in total. The van der Waals surface area contributed by atoms with Gasteiger partial charge in [-0.1, -0.05) is 11.6 Å². The highest BCUT2D eigenvalue weighted by molar-refractivity contribution is 6.33. The molecule has 0 aromatic carbocycles. The number of ether oxygens (including phenoxy) is 2. The Balaban J connectivity index is 0.000000139. The largest absolute Gasteiger partial charge is 0.464 e. The number of esters is 2. The molecule has 4 bridgehead atoms. The molecule has 2 aromatic rings. The van der Waals surface area contributed by atoms with Gasteiger partial charge < -0.3 is 29.9 Å². The van der Waals surface area contributed by atoms with Crippen LogP contribution in [0.3, 0.4) is 0 Å². The number of carbonyl (C=O) groups is 2. The minimum atomic E-state index is -0.507. The first-order valence-corrected chi connectivity index (χ1v) is 11.3. The molecule has 0 aliphatic carbocycles. The van der Waals surface area contributed by atoms with E-state index in [1.807, 2.05) is 6.07 Å². The van der Waals surface area contributed by atoms with E-state index in [0.29, 0.717) is 22.8 Å². The van der Waals surface area contributed by atoms with Gasteiger partial charge in [0.2, 0.25) is 0 Å². The standard InChI is InChI=1S/C11H12ClN3O2.C11H13N3O2/c1-17-11(16)9-7(12)4-8-10(14-9)13-6-2-3-15(8)5-6;1-16-11(15)8-2-3-9-10(13-8)12-7-4-5-14(9)6-7/h4,6H,2-3,5H2,1H3,(H,13,14);2-3,7H,4-6H2,1H3,(H,12,13)/t6-;7-/m00/s1. The second-order valence-corrected chi connectivity index (χ2v) is 8.79. The summed E-state index contributed by atoms with van der Waals surface area (Å²) in [6.45, 7) is 4.07. The van der Waals surface area contributed by atoms with Crippen LogP contribution in [0.15, 0.2) is 18.2 Å². The summed E-state index contributed by atoms with van der Waals surface area (Å²) in [5.74, 6) is 0.630. The number of fused-ring (bicyclic) bond motifs is 8. The molecule has 33 heavy (non-hydrogen) atoms. The number of methoxy groups -OCH3 is 2. The number of hydrogen-bond acceptors (Lipinski definition) is 10. The highest BCUT2D eigenvalue weighted by Gasteiger charge is 2.33. The predicted molar refractivity (Wildman–Crippen MR) is 125 cm³/mol. The fourth-order valence-electron chi connectivity index (χ4n) is 4.68. The molecule has 4 aliphatic heterocycles. The first-order chi connectivity index (χ1) is 16.0. The van der Waals surface area contributed by atoms with Gasteiger partial charge in [0.25, 0.3) is 0 Å². The SMILES string of the molecule is COC(=O)c1ccc2c(n1)N[C@H]1CCN2C1.COC(=O)c1nc2c(cc1Cl)N1CC[C@@H](C1)N2. The van der Waals surface area contributed by atoms with E-state index in [4.69, 9.17) is 11.6 Å². The molecule has 6 heterocycles. The molecule has 0 amide bonds. The zero-order valence-electron chi connectivity index (χ0n) is 18.4. The van der Waals surface area contributed by atoms with Crippen molar-refractivity contribution in [1.82, 2.24) is 9.97 Å². The van der Waals surface area contributed by atoms with Crippen molar-refractivity contribution in [2.24, 2.45) is 0 Å². The van der Waals surface area contributed by atoms with Gasteiger partial charge >= 0.3 is 11.9 Å². The lowest BCUT2D eigenvalue weighted by Crippen LogP contribution is -2.32. The number of nitrogens with one attached hydrogen (secondary N) is 2. The number of halogens is 1. The maximum absolute atomic E-state index is 11.5. The number of anilines is 4. The Kier molecular flexibility index (Phi) is 5.61. The minimum Gasteiger partial charge on any atom is -0.464 e. The van der Waals surface area contributed by atoms with Crippen molar-refractivity contribution >= 4 is 46.6 Å². The molecule has 0 unspecified atom stereocenters. The number of carbonyl (C=O) groups excluding carboxylic acids is 2. The summed E-state index contributed by atoms with van der Waals surface area (Å²) in [6.07, 6.45) is 2.21. The van der Waals surface area contributed by atoms with Crippen LogP contribution in [0, 0.1) is 0 Å². The second kappa shape index (κ2) is 8.58. The van der Waals surface area contributed by atoms with Gasteiger partial charge in [-0.05, 0) is 31.0 Å². The van der Waals surface area contributed by atoms with E-state index in [1.54, 1.807) is 12.1 Å². The Morgan fingerprint density at radius 2 is 1.55 bits per heavy atom. The molecule has 0 saturated carbocycles. The summed E-state index contributed by atoms with van der Waals surface area (Å²) < 4.78 is 9.30. The van der Waals surface area contributed by atoms with Crippen molar-refractivity contribution in [3.63, 3.8) is 0 Å². The zero-order valence-corrected chi connectivity index (χ0v) is 19.2. The molecule has 4 aliphatic rings. The smallest absolute Gasteiger partial charge is 0.358 e. The molecule has 11 heteroatoms. The van der Waals surface area contributed by atoms with Crippen molar-refractivity contribution in [1.29, 1.82) is 0 Å². The Morgan fingerprint density at radius 1 is 0.939 bits per heavy atom. The van der Waals surface area contributed by atoms with Crippen LogP contribution in [0.25, 0.3) is 0 Å². The maximum atomic E-state index is 11.5. The molecule has 174 valence electrons. The number of rotatable bonds is 2. The summed E-state index contributed by atoms with van der Waals surface area (Å²) in [4.78, 5) is 35.9. The minimum absolute atomic E-state index is 0.169. The van der Waals surface area contributed by atoms with Crippen LogP contribution in [0.4, 0.5) is 23.0 Å². The summed E-state index contributed by atoms with van der Waals surface area (Å²) in [7, 11) is 2.69. The average molecular weight is 473 g/mol.